The van der Waals surface area contributed by atoms with Crippen LogP contribution in [0.1, 0.15) is 27.2 Å². The second-order valence-corrected chi connectivity index (χ2v) is 6.16. The number of amides is 1. The molecule has 5 nitrogen and oxygen atoms in total. The largest absolute Gasteiger partial charge is 0.417 e. The Kier molecular flexibility index (Phi) is 5.26. The minimum Gasteiger partial charge on any atom is -0.304 e. The summed E-state index contributed by atoms with van der Waals surface area (Å²) in [5, 5.41) is 3.29. The molecule has 2 heterocycles. The van der Waals surface area contributed by atoms with Gasteiger partial charge in [-0.2, -0.15) is 31.4 Å². The van der Waals surface area contributed by atoms with Crippen molar-refractivity contribution in [1.82, 2.24) is 14.8 Å². The summed E-state index contributed by atoms with van der Waals surface area (Å²) in [5.74, 6) is -0.846. The summed E-state index contributed by atoms with van der Waals surface area (Å²) in [4.78, 5) is 15.9. The number of carbonyl (C=O) groups is 1. The van der Waals surface area contributed by atoms with Gasteiger partial charge in [0.15, 0.2) is 5.65 Å². The normalized spacial score (nSPS) is 12.7. The molecule has 1 aromatic carbocycles. The van der Waals surface area contributed by atoms with Gasteiger partial charge in [-0.3, -0.25) is 4.79 Å². The van der Waals surface area contributed by atoms with Crippen LogP contribution in [0.15, 0.2) is 47.8 Å². The number of carbonyl (C=O) groups excluding carboxylic acids is 1. The molecular weight excluding hydrogens is 426 g/mol. The van der Waals surface area contributed by atoms with Crippen molar-refractivity contribution in [3.8, 4) is 0 Å². The molecule has 0 bridgehead atoms. The van der Waals surface area contributed by atoms with Crippen LogP contribution in [0.3, 0.4) is 0 Å². The highest BCUT2D eigenvalue weighted by molar-refractivity contribution is 6.33. The lowest BCUT2D eigenvalue weighted by Gasteiger charge is -2.07. The highest BCUT2D eigenvalue weighted by Crippen LogP contribution is 2.32. The van der Waals surface area contributed by atoms with Crippen molar-refractivity contribution in [3.63, 3.8) is 0 Å². The molecule has 0 radical (unpaired) electrons. The number of hydrogen-bond donors (Lipinski definition) is 1. The molecule has 12 heteroatoms. The van der Waals surface area contributed by atoms with Crippen LogP contribution in [-0.4, -0.2) is 21.5 Å². The Morgan fingerprint density at radius 2 is 1.66 bits per heavy atom. The van der Waals surface area contributed by atoms with E-state index < -0.39 is 29.4 Å². The van der Waals surface area contributed by atoms with Crippen molar-refractivity contribution in [2.45, 2.75) is 12.4 Å². The lowest BCUT2D eigenvalue weighted by molar-refractivity contribution is -0.138. The molecule has 3 rings (SSSR count). The van der Waals surface area contributed by atoms with Crippen molar-refractivity contribution in [1.29, 1.82) is 0 Å². The van der Waals surface area contributed by atoms with Crippen molar-refractivity contribution < 1.29 is 31.1 Å². The average Bonchev–Trinajstić information content (AvgIpc) is 3.05. The van der Waals surface area contributed by atoms with Gasteiger partial charge in [0, 0.05) is 12.4 Å². The number of hydrogen-bond acceptors (Lipinski definition) is 3. The molecule has 1 amide bonds. The maximum Gasteiger partial charge on any atom is 0.417 e. The van der Waals surface area contributed by atoms with Crippen LogP contribution >= 0.6 is 11.6 Å². The molecule has 2 aromatic heterocycles. The van der Waals surface area contributed by atoms with Crippen molar-refractivity contribution in [2.24, 2.45) is 5.10 Å². The third-order valence-corrected chi connectivity index (χ3v) is 3.96. The van der Waals surface area contributed by atoms with Gasteiger partial charge < -0.3 is 4.40 Å². The second-order valence-electron chi connectivity index (χ2n) is 5.75. The lowest BCUT2D eigenvalue weighted by atomic mass is 10.1. The van der Waals surface area contributed by atoms with Gasteiger partial charge in [0.25, 0.3) is 5.91 Å². The van der Waals surface area contributed by atoms with E-state index in [0.29, 0.717) is 6.07 Å². The number of pyridine rings is 1. The fraction of sp³-hybridized carbons (Fsp3) is 0.118. The second kappa shape index (κ2) is 7.39. The van der Waals surface area contributed by atoms with Gasteiger partial charge in [-0.1, -0.05) is 23.7 Å². The number of aromatic nitrogens is 2. The zero-order valence-corrected chi connectivity index (χ0v) is 14.8. The molecule has 3 aromatic rings. The zero-order chi connectivity index (χ0) is 21.4. The summed E-state index contributed by atoms with van der Waals surface area (Å²) in [5.41, 5.74) is 0.207. The van der Waals surface area contributed by atoms with E-state index in [1.165, 1.54) is 0 Å². The molecule has 0 aliphatic carbocycles. The third kappa shape index (κ3) is 4.67. The Bertz CT molecular complexity index is 1090. The van der Waals surface area contributed by atoms with E-state index >= 15 is 0 Å². The Labute approximate surface area is 163 Å². The molecule has 1 N–H and O–H groups in total. The maximum absolute atomic E-state index is 12.8. The van der Waals surface area contributed by atoms with Gasteiger partial charge >= 0.3 is 12.4 Å². The molecule has 0 atom stereocenters. The first-order valence-electron chi connectivity index (χ1n) is 7.71. The summed E-state index contributed by atoms with van der Waals surface area (Å²) in [7, 11) is 0. The monoisotopic (exact) mass is 434 g/mol. The number of fused-ring (bicyclic) bond motifs is 1. The Morgan fingerprint density at radius 3 is 2.24 bits per heavy atom. The van der Waals surface area contributed by atoms with Crippen molar-refractivity contribution in [2.75, 3.05) is 0 Å². The van der Waals surface area contributed by atoms with E-state index in [0.717, 1.165) is 47.3 Å². The van der Waals surface area contributed by atoms with Gasteiger partial charge in [-0.25, -0.2) is 10.4 Å². The number of halogens is 7. The van der Waals surface area contributed by atoms with E-state index in [-0.39, 0.29) is 21.9 Å². The number of benzene rings is 1. The molecule has 0 saturated carbocycles. The van der Waals surface area contributed by atoms with Gasteiger partial charge in [0.05, 0.1) is 22.4 Å². The van der Waals surface area contributed by atoms with Gasteiger partial charge in [0.1, 0.15) is 5.69 Å². The molecule has 29 heavy (non-hydrogen) atoms. The summed E-state index contributed by atoms with van der Waals surface area (Å²) in [6.07, 6.45) is -6.23. The minimum absolute atomic E-state index is 0.0588. The standard InChI is InChI=1S/C17H9ClF6N4O/c18-12-5-11(17(22,23)24)7-28-8-13(26-14(12)28)15(29)27-25-6-9-1-3-10(4-2-9)16(19,20)21/h1-8H,(H,27,29). The van der Waals surface area contributed by atoms with Crippen LogP contribution < -0.4 is 5.43 Å². The summed E-state index contributed by atoms with van der Waals surface area (Å²) in [6.45, 7) is 0. The van der Waals surface area contributed by atoms with Gasteiger partial charge in [-0.05, 0) is 23.8 Å². The molecule has 0 fully saturated rings. The SMILES string of the molecule is O=C(NN=Cc1ccc(C(F)(F)F)cc1)c1cn2cc(C(F)(F)F)cc(Cl)c2n1. The third-order valence-electron chi connectivity index (χ3n) is 3.68. The highest BCUT2D eigenvalue weighted by Gasteiger charge is 2.32. The smallest absolute Gasteiger partial charge is 0.304 e. The average molecular weight is 435 g/mol. The number of nitrogens with zero attached hydrogens (tertiary/aromatic N) is 3. The van der Waals surface area contributed by atoms with E-state index in [2.05, 4.69) is 15.5 Å². The minimum atomic E-state index is -4.63. The molecule has 0 unspecified atom stereocenters. The van der Waals surface area contributed by atoms with Crippen molar-refractivity contribution in [3.05, 3.63) is 70.1 Å². The first-order chi connectivity index (χ1) is 13.4. The fourth-order valence-electron chi connectivity index (χ4n) is 2.30. The van der Waals surface area contributed by atoms with Crippen LogP contribution in [0.25, 0.3) is 5.65 Å². The number of imidazole rings is 1. The van der Waals surface area contributed by atoms with Gasteiger partial charge in [-0.15, -0.1) is 0 Å². The first kappa shape index (κ1) is 20.6. The first-order valence-corrected chi connectivity index (χ1v) is 8.09. The quantitative estimate of drug-likeness (QED) is 0.366. The number of rotatable bonds is 3. The Hall–Kier alpha value is -3.08. The Morgan fingerprint density at radius 1 is 1.03 bits per heavy atom. The number of alkyl halides is 6. The topological polar surface area (TPSA) is 58.8 Å². The van der Waals surface area contributed by atoms with Gasteiger partial charge in [0.2, 0.25) is 0 Å². The van der Waals surface area contributed by atoms with Crippen LogP contribution in [0.4, 0.5) is 26.3 Å². The van der Waals surface area contributed by atoms with Crippen LogP contribution in [0, 0.1) is 0 Å². The van der Waals surface area contributed by atoms with Crippen molar-refractivity contribution >= 4 is 29.4 Å². The maximum atomic E-state index is 12.8. The van der Waals surface area contributed by atoms with E-state index in [1.54, 1.807) is 0 Å². The number of nitrogens with one attached hydrogen (secondary N) is 1. The molecule has 0 aliphatic rings. The molecule has 152 valence electrons. The predicted molar refractivity (Wildman–Crippen MR) is 91.7 cm³/mol. The van der Waals surface area contributed by atoms with E-state index in [4.69, 9.17) is 11.6 Å². The predicted octanol–water partition coefficient (Wildman–Crippen LogP) is 4.79. The van der Waals surface area contributed by atoms with E-state index in [1.807, 2.05) is 0 Å². The molecule has 0 spiro atoms. The summed E-state index contributed by atoms with van der Waals surface area (Å²) < 4.78 is 76.9. The Balaban J connectivity index is 1.74. The summed E-state index contributed by atoms with van der Waals surface area (Å²) in [6, 6.07) is 4.70. The van der Waals surface area contributed by atoms with Crippen LogP contribution in [0.5, 0.6) is 0 Å². The zero-order valence-electron chi connectivity index (χ0n) is 14.0. The lowest BCUT2D eigenvalue weighted by Crippen LogP contribution is -2.18. The molecule has 0 saturated heterocycles. The number of hydrazone groups is 1. The van der Waals surface area contributed by atoms with Crippen LogP contribution in [-0.2, 0) is 12.4 Å². The van der Waals surface area contributed by atoms with E-state index in [9.17, 15) is 31.1 Å². The highest BCUT2D eigenvalue weighted by atomic mass is 35.5. The van der Waals surface area contributed by atoms with Crippen LogP contribution in [0.2, 0.25) is 5.02 Å². The fourth-order valence-corrected chi connectivity index (χ4v) is 2.56. The molecular formula is C17H9ClF6N4O. The summed E-state index contributed by atoms with van der Waals surface area (Å²) >= 11 is 5.79. The molecule has 0 aliphatic heterocycles.